The standard InChI is InChI=1S/C26H22ClFN4O2/c27-22-11-10-21(16-23(22)28)26(33)32-14-12-31(13-15-32)17-18-6-8-19(9-7-18)24-29-25(34-30-24)20-4-2-1-3-5-20/h1-11,16H,12-15,17H2. The van der Waals surface area contributed by atoms with E-state index in [1.807, 2.05) is 42.5 Å². The first kappa shape index (κ1) is 22.3. The Bertz CT molecular complexity index is 1290. The summed E-state index contributed by atoms with van der Waals surface area (Å²) in [4.78, 5) is 21.2. The molecule has 1 aliphatic heterocycles. The Balaban J connectivity index is 1.17. The largest absolute Gasteiger partial charge is 0.336 e. The SMILES string of the molecule is O=C(c1ccc(Cl)c(F)c1)N1CCN(Cc2ccc(-c3noc(-c4ccccc4)n3)cc2)CC1. The normalized spacial score (nSPS) is 14.4. The highest BCUT2D eigenvalue weighted by atomic mass is 35.5. The summed E-state index contributed by atoms with van der Waals surface area (Å²) in [7, 11) is 0. The molecule has 5 rings (SSSR count). The zero-order chi connectivity index (χ0) is 23.5. The van der Waals surface area contributed by atoms with Crippen molar-refractivity contribution in [3.8, 4) is 22.8 Å². The van der Waals surface area contributed by atoms with Crippen LogP contribution < -0.4 is 0 Å². The highest BCUT2D eigenvalue weighted by molar-refractivity contribution is 6.30. The van der Waals surface area contributed by atoms with Gasteiger partial charge in [0, 0.05) is 49.4 Å². The molecule has 1 amide bonds. The summed E-state index contributed by atoms with van der Waals surface area (Å²) in [5.41, 5.74) is 3.26. The van der Waals surface area contributed by atoms with E-state index in [1.165, 1.54) is 12.1 Å². The lowest BCUT2D eigenvalue weighted by atomic mass is 10.1. The molecule has 0 spiro atoms. The third kappa shape index (κ3) is 4.85. The van der Waals surface area contributed by atoms with Gasteiger partial charge in [-0.3, -0.25) is 9.69 Å². The van der Waals surface area contributed by atoms with E-state index < -0.39 is 5.82 Å². The van der Waals surface area contributed by atoms with Gasteiger partial charge in [-0.05, 0) is 35.9 Å². The van der Waals surface area contributed by atoms with Gasteiger partial charge in [-0.2, -0.15) is 4.98 Å². The van der Waals surface area contributed by atoms with Crippen LogP contribution in [0.2, 0.25) is 5.02 Å². The van der Waals surface area contributed by atoms with Gasteiger partial charge >= 0.3 is 0 Å². The summed E-state index contributed by atoms with van der Waals surface area (Å²) >= 11 is 5.72. The Morgan fingerprint density at radius 3 is 2.38 bits per heavy atom. The minimum Gasteiger partial charge on any atom is -0.336 e. The van der Waals surface area contributed by atoms with Gasteiger partial charge in [-0.25, -0.2) is 4.39 Å². The molecule has 0 bridgehead atoms. The second-order valence-corrected chi connectivity index (χ2v) is 8.59. The first-order chi connectivity index (χ1) is 16.6. The summed E-state index contributed by atoms with van der Waals surface area (Å²) in [6, 6.07) is 21.9. The van der Waals surface area contributed by atoms with Gasteiger partial charge in [0.2, 0.25) is 5.82 Å². The van der Waals surface area contributed by atoms with Crippen LogP contribution in [0, 0.1) is 5.82 Å². The summed E-state index contributed by atoms with van der Waals surface area (Å²) in [5.74, 6) is 0.297. The minimum absolute atomic E-state index is 0.0170. The van der Waals surface area contributed by atoms with Crippen LogP contribution in [0.25, 0.3) is 22.8 Å². The maximum Gasteiger partial charge on any atom is 0.258 e. The molecule has 6 nitrogen and oxygen atoms in total. The fraction of sp³-hybridized carbons (Fsp3) is 0.192. The third-order valence-corrected chi connectivity index (χ3v) is 6.20. The Kier molecular flexibility index (Phi) is 6.38. The Labute approximate surface area is 201 Å². The number of nitrogens with zero attached hydrogens (tertiary/aromatic N) is 4. The van der Waals surface area contributed by atoms with E-state index in [0.717, 1.165) is 36.3 Å². The molecule has 0 radical (unpaired) electrons. The first-order valence-electron chi connectivity index (χ1n) is 11.0. The lowest BCUT2D eigenvalue weighted by molar-refractivity contribution is 0.0628. The molecular weight excluding hydrogens is 455 g/mol. The van der Waals surface area contributed by atoms with E-state index in [0.29, 0.717) is 30.4 Å². The van der Waals surface area contributed by atoms with Crippen LogP contribution in [0.5, 0.6) is 0 Å². The topological polar surface area (TPSA) is 62.5 Å². The van der Waals surface area contributed by atoms with Crippen molar-refractivity contribution in [2.75, 3.05) is 26.2 Å². The number of benzene rings is 3. The number of carbonyl (C=O) groups is 1. The fourth-order valence-corrected chi connectivity index (χ4v) is 4.09. The Morgan fingerprint density at radius 2 is 1.68 bits per heavy atom. The minimum atomic E-state index is -0.577. The van der Waals surface area contributed by atoms with E-state index in [9.17, 15) is 9.18 Å². The molecule has 172 valence electrons. The van der Waals surface area contributed by atoms with Crippen molar-refractivity contribution in [1.29, 1.82) is 0 Å². The van der Waals surface area contributed by atoms with Crippen LogP contribution in [0.1, 0.15) is 15.9 Å². The van der Waals surface area contributed by atoms with Gasteiger partial charge in [0.1, 0.15) is 5.82 Å². The molecule has 1 aliphatic rings. The summed E-state index contributed by atoms with van der Waals surface area (Å²) in [6.07, 6.45) is 0. The molecule has 1 aromatic heterocycles. The zero-order valence-electron chi connectivity index (χ0n) is 18.3. The monoisotopic (exact) mass is 476 g/mol. The van der Waals surface area contributed by atoms with Crippen LogP contribution >= 0.6 is 11.6 Å². The number of rotatable bonds is 5. The van der Waals surface area contributed by atoms with Crippen molar-refractivity contribution in [1.82, 2.24) is 19.9 Å². The summed E-state index contributed by atoms with van der Waals surface area (Å²) in [6.45, 7) is 3.45. The van der Waals surface area contributed by atoms with Crippen LogP contribution in [0.3, 0.4) is 0 Å². The lowest BCUT2D eigenvalue weighted by Gasteiger charge is -2.34. The van der Waals surface area contributed by atoms with Crippen LogP contribution in [-0.4, -0.2) is 52.0 Å². The van der Waals surface area contributed by atoms with Crippen molar-refractivity contribution in [3.63, 3.8) is 0 Å². The molecule has 3 aromatic carbocycles. The lowest BCUT2D eigenvalue weighted by Crippen LogP contribution is -2.48. The van der Waals surface area contributed by atoms with Crippen LogP contribution in [0.4, 0.5) is 4.39 Å². The molecular formula is C26H22ClFN4O2. The van der Waals surface area contributed by atoms with E-state index in [1.54, 1.807) is 11.0 Å². The number of halogens is 2. The molecule has 0 atom stereocenters. The highest BCUT2D eigenvalue weighted by Gasteiger charge is 2.23. The number of carbonyl (C=O) groups excluding carboxylic acids is 1. The second kappa shape index (κ2) is 9.75. The van der Waals surface area contributed by atoms with Crippen molar-refractivity contribution >= 4 is 17.5 Å². The molecule has 1 saturated heterocycles. The van der Waals surface area contributed by atoms with Crippen molar-refractivity contribution in [3.05, 3.63) is 94.8 Å². The third-order valence-electron chi connectivity index (χ3n) is 5.89. The van der Waals surface area contributed by atoms with Gasteiger partial charge in [0.05, 0.1) is 5.02 Å². The van der Waals surface area contributed by atoms with Crippen LogP contribution in [-0.2, 0) is 6.54 Å². The molecule has 4 aromatic rings. The molecule has 0 unspecified atom stereocenters. The number of aromatic nitrogens is 2. The quantitative estimate of drug-likeness (QED) is 0.398. The van der Waals surface area contributed by atoms with Crippen molar-refractivity contribution in [2.45, 2.75) is 6.54 Å². The Morgan fingerprint density at radius 1 is 0.941 bits per heavy atom. The Hall–Kier alpha value is -3.55. The maximum absolute atomic E-state index is 13.7. The maximum atomic E-state index is 13.7. The number of hydrogen-bond donors (Lipinski definition) is 0. The van der Waals surface area contributed by atoms with Gasteiger partial charge in [-0.1, -0.05) is 59.2 Å². The van der Waals surface area contributed by atoms with Gasteiger partial charge < -0.3 is 9.42 Å². The predicted molar refractivity (Wildman–Crippen MR) is 128 cm³/mol. The van der Waals surface area contributed by atoms with E-state index >= 15 is 0 Å². The zero-order valence-corrected chi connectivity index (χ0v) is 19.1. The molecule has 8 heteroatoms. The average molecular weight is 477 g/mol. The van der Waals surface area contributed by atoms with Gasteiger partial charge in [-0.15, -0.1) is 0 Å². The average Bonchev–Trinajstić information content (AvgIpc) is 3.37. The predicted octanol–water partition coefficient (Wildman–Crippen LogP) is 5.15. The number of piperazine rings is 1. The van der Waals surface area contributed by atoms with E-state index in [-0.39, 0.29) is 10.9 Å². The molecule has 2 heterocycles. The van der Waals surface area contributed by atoms with Gasteiger partial charge in [0.25, 0.3) is 11.8 Å². The molecule has 0 saturated carbocycles. The van der Waals surface area contributed by atoms with Crippen molar-refractivity contribution < 1.29 is 13.7 Å². The highest BCUT2D eigenvalue weighted by Crippen LogP contribution is 2.23. The molecule has 34 heavy (non-hydrogen) atoms. The van der Waals surface area contributed by atoms with Gasteiger partial charge in [0.15, 0.2) is 0 Å². The van der Waals surface area contributed by atoms with E-state index in [4.69, 9.17) is 16.1 Å². The fourth-order valence-electron chi connectivity index (χ4n) is 3.98. The smallest absolute Gasteiger partial charge is 0.258 e. The second-order valence-electron chi connectivity index (χ2n) is 8.18. The molecule has 1 fully saturated rings. The number of amides is 1. The number of hydrogen-bond acceptors (Lipinski definition) is 5. The summed E-state index contributed by atoms with van der Waals surface area (Å²) in [5, 5.41) is 4.12. The summed E-state index contributed by atoms with van der Waals surface area (Å²) < 4.78 is 19.1. The van der Waals surface area contributed by atoms with Crippen molar-refractivity contribution in [2.24, 2.45) is 0 Å². The molecule has 0 N–H and O–H groups in total. The van der Waals surface area contributed by atoms with E-state index in [2.05, 4.69) is 27.2 Å². The molecule has 0 aliphatic carbocycles. The van der Waals surface area contributed by atoms with Crippen LogP contribution in [0.15, 0.2) is 77.3 Å². The first-order valence-corrected chi connectivity index (χ1v) is 11.4.